The molecule has 2 atom stereocenters. The van der Waals surface area contributed by atoms with Crippen LogP contribution in [0.15, 0.2) is 18.2 Å². The number of fused-ring (bicyclic) bond motifs is 1. The number of hydrogen-bond acceptors (Lipinski definition) is 2. The molecule has 3 rings (SSSR count). The average molecular weight is 264 g/mol. The predicted octanol–water partition coefficient (Wildman–Crippen LogP) is 3.00. The van der Waals surface area contributed by atoms with E-state index in [9.17, 15) is 0 Å². The summed E-state index contributed by atoms with van der Waals surface area (Å²) in [5.41, 5.74) is 8.35. The van der Waals surface area contributed by atoms with Gasteiger partial charge >= 0.3 is 0 Å². The molecule has 1 aliphatic rings. The molecule has 2 unspecified atom stereocenters. The van der Waals surface area contributed by atoms with Crippen molar-refractivity contribution in [2.24, 2.45) is 12.8 Å². The van der Waals surface area contributed by atoms with Crippen LogP contribution in [-0.2, 0) is 12.5 Å². The number of aryl methyl sites for hydroxylation is 1. The van der Waals surface area contributed by atoms with Crippen molar-refractivity contribution in [2.45, 2.75) is 37.6 Å². The van der Waals surface area contributed by atoms with Crippen molar-refractivity contribution < 1.29 is 0 Å². The first-order valence-corrected chi connectivity index (χ1v) is 6.78. The van der Waals surface area contributed by atoms with Gasteiger partial charge in [0.05, 0.1) is 11.0 Å². The lowest BCUT2D eigenvalue weighted by atomic mass is 9.84. The molecule has 4 heteroatoms. The van der Waals surface area contributed by atoms with E-state index in [0.29, 0.717) is 0 Å². The van der Waals surface area contributed by atoms with Crippen LogP contribution < -0.4 is 5.73 Å². The normalized spacial score (nSPS) is 28.1. The lowest BCUT2D eigenvalue weighted by Gasteiger charge is -2.28. The van der Waals surface area contributed by atoms with Crippen molar-refractivity contribution in [3.8, 4) is 0 Å². The Labute approximate surface area is 112 Å². The van der Waals surface area contributed by atoms with Gasteiger partial charge in [0.25, 0.3) is 0 Å². The van der Waals surface area contributed by atoms with Crippen molar-refractivity contribution in [2.75, 3.05) is 0 Å². The van der Waals surface area contributed by atoms with Crippen LogP contribution in [0.4, 0.5) is 0 Å². The Kier molecular flexibility index (Phi) is 2.65. The first kappa shape index (κ1) is 12.0. The summed E-state index contributed by atoms with van der Waals surface area (Å²) in [4.78, 5) is 4.78. The highest BCUT2D eigenvalue weighted by Gasteiger charge is 2.41. The standard InChI is InChI=1S/C14H18ClN3/c1-14(7-3-4-12(14)16)13-17-10-6-5-9(15)8-11(10)18(13)2/h5-6,8,12H,3-4,7,16H2,1-2H3. The molecule has 1 fully saturated rings. The molecule has 0 aliphatic heterocycles. The van der Waals surface area contributed by atoms with Crippen LogP contribution in [0.3, 0.4) is 0 Å². The molecule has 1 aromatic heterocycles. The molecule has 3 nitrogen and oxygen atoms in total. The fourth-order valence-corrected chi connectivity index (χ4v) is 3.31. The summed E-state index contributed by atoms with van der Waals surface area (Å²) in [5, 5.41) is 0.748. The van der Waals surface area contributed by atoms with Gasteiger partial charge in [-0.25, -0.2) is 4.98 Å². The van der Waals surface area contributed by atoms with Gasteiger partial charge in [0.15, 0.2) is 0 Å². The van der Waals surface area contributed by atoms with Crippen LogP contribution in [0.2, 0.25) is 5.02 Å². The van der Waals surface area contributed by atoms with Gasteiger partial charge < -0.3 is 10.3 Å². The van der Waals surface area contributed by atoms with E-state index in [0.717, 1.165) is 34.7 Å². The molecule has 0 spiro atoms. The Hall–Kier alpha value is -1.06. The number of hydrogen-bond donors (Lipinski definition) is 1. The number of rotatable bonds is 1. The zero-order valence-corrected chi connectivity index (χ0v) is 11.5. The monoisotopic (exact) mass is 263 g/mol. The molecule has 1 saturated carbocycles. The molecule has 1 heterocycles. The first-order chi connectivity index (χ1) is 8.52. The van der Waals surface area contributed by atoms with E-state index in [2.05, 4.69) is 18.5 Å². The second-order valence-electron chi connectivity index (χ2n) is 5.54. The van der Waals surface area contributed by atoms with E-state index in [1.807, 2.05) is 18.2 Å². The summed E-state index contributed by atoms with van der Waals surface area (Å²) in [7, 11) is 2.05. The van der Waals surface area contributed by atoms with Crippen molar-refractivity contribution in [3.63, 3.8) is 0 Å². The van der Waals surface area contributed by atoms with E-state index in [-0.39, 0.29) is 11.5 Å². The largest absolute Gasteiger partial charge is 0.331 e. The predicted molar refractivity (Wildman–Crippen MR) is 74.9 cm³/mol. The Balaban J connectivity index is 2.21. The van der Waals surface area contributed by atoms with Crippen LogP contribution in [-0.4, -0.2) is 15.6 Å². The summed E-state index contributed by atoms with van der Waals surface area (Å²) < 4.78 is 2.15. The molecule has 0 bridgehead atoms. The number of halogens is 1. The van der Waals surface area contributed by atoms with Crippen molar-refractivity contribution in [1.82, 2.24) is 9.55 Å². The molecule has 1 aromatic carbocycles. The summed E-state index contributed by atoms with van der Waals surface area (Å²) in [6, 6.07) is 6.03. The van der Waals surface area contributed by atoms with E-state index >= 15 is 0 Å². The molecule has 1 aliphatic carbocycles. The van der Waals surface area contributed by atoms with Crippen molar-refractivity contribution >= 4 is 22.6 Å². The number of nitrogens with zero attached hydrogens (tertiary/aromatic N) is 2. The number of benzene rings is 1. The molecule has 0 radical (unpaired) electrons. The maximum atomic E-state index is 6.29. The quantitative estimate of drug-likeness (QED) is 0.860. The van der Waals surface area contributed by atoms with Crippen LogP contribution >= 0.6 is 11.6 Å². The van der Waals surface area contributed by atoms with Gasteiger partial charge in [-0.1, -0.05) is 24.9 Å². The first-order valence-electron chi connectivity index (χ1n) is 6.40. The lowest BCUT2D eigenvalue weighted by Crippen LogP contribution is -2.40. The minimum Gasteiger partial charge on any atom is -0.331 e. The Bertz CT molecular complexity index is 604. The van der Waals surface area contributed by atoms with Gasteiger partial charge in [-0.3, -0.25) is 0 Å². The van der Waals surface area contributed by atoms with Gasteiger partial charge in [0, 0.05) is 23.5 Å². The maximum Gasteiger partial charge on any atom is 0.117 e. The summed E-state index contributed by atoms with van der Waals surface area (Å²) in [6.07, 6.45) is 3.38. The third kappa shape index (κ3) is 1.57. The second-order valence-corrected chi connectivity index (χ2v) is 5.98. The van der Waals surface area contributed by atoms with Crippen LogP contribution in [0.25, 0.3) is 11.0 Å². The molecule has 2 N–H and O–H groups in total. The summed E-state index contributed by atoms with van der Waals surface area (Å²) in [5.74, 6) is 1.09. The SMILES string of the molecule is Cn1c(C2(C)CCCC2N)nc2ccc(Cl)cc21. The number of aromatic nitrogens is 2. The van der Waals surface area contributed by atoms with Crippen molar-refractivity contribution in [3.05, 3.63) is 29.0 Å². The maximum absolute atomic E-state index is 6.29. The van der Waals surface area contributed by atoms with Gasteiger partial charge in [-0.05, 0) is 31.0 Å². The molecule has 2 aromatic rings. The highest BCUT2D eigenvalue weighted by atomic mass is 35.5. The fourth-order valence-electron chi connectivity index (χ4n) is 3.14. The minimum absolute atomic E-state index is 0.0136. The van der Waals surface area contributed by atoms with E-state index in [1.54, 1.807) is 0 Å². The Morgan fingerprint density at radius 1 is 1.50 bits per heavy atom. The zero-order valence-electron chi connectivity index (χ0n) is 10.8. The average Bonchev–Trinajstić information content (AvgIpc) is 2.83. The van der Waals surface area contributed by atoms with Gasteiger partial charge in [-0.15, -0.1) is 0 Å². The Morgan fingerprint density at radius 3 is 2.94 bits per heavy atom. The van der Waals surface area contributed by atoms with Gasteiger partial charge in [0.2, 0.25) is 0 Å². The molecular formula is C14H18ClN3. The van der Waals surface area contributed by atoms with Crippen molar-refractivity contribution in [1.29, 1.82) is 0 Å². The van der Waals surface area contributed by atoms with Gasteiger partial charge in [0.1, 0.15) is 5.82 Å². The van der Waals surface area contributed by atoms with E-state index in [4.69, 9.17) is 22.3 Å². The van der Waals surface area contributed by atoms with E-state index in [1.165, 1.54) is 6.42 Å². The highest BCUT2D eigenvalue weighted by Crippen LogP contribution is 2.40. The summed E-state index contributed by atoms with van der Waals surface area (Å²) >= 11 is 6.06. The van der Waals surface area contributed by atoms with Crippen LogP contribution in [0.5, 0.6) is 0 Å². The zero-order chi connectivity index (χ0) is 12.9. The molecule has 0 saturated heterocycles. The highest BCUT2D eigenvalue weighted by molar-refractivity contribution is 6.31. The molecule has 18 heavy (non-hydrogen) atoms. The smallest absolute Gasteiger partial charge is 0.117 e. The molecule has 0 amide bonds. The number of imidazole rings is 1. The summed E-state index contributed by atoms with van der Waals surface area (Å²) in [6.45, 7) is 2.23. The molecule has 96 valence electrons. The third-order valence-electron chi connectivity index (χ3n) is 4.38. The number of nitrogens with two attached hydrogens (primary N) is 1. The van der Waals surface area contributed by atoms with Crippen LogP contribution in [0, 0.1) is 0 Å². The van der Waals surface area contributed by atoms with Gasteiger partial charge in [-0.2, -0.15) is 0 Å². The molecular weight excluding hydrogens is 246 g/mol. The lowest BCUT2D eigenvalue weighted by molar-refractivity contribution is 0.395. The fraction of sp³-hybridized carbons (Fsp3) is 0.500. The topological polar surface area (TPSA) is 43.8 Å². The second kappa shape index (κ2) is 3.97. The van der Waals surface area contributed by atoms with Crippen LogP contribution in [0.1, 0.15) is 32.0 Å². The van der Waals surface area contributed by atoms with E-state index < -0.39 is 0 Å². The Morgan fingerprint density at radius 2 is 2.28 bits per heavy atom. The minimum atomic E-state index is -0.0136. The third-order valence-corrected chi connectivity index (χ3v) is 4.62.